The van der Waals surface area contributed by atoms with Gasteiger partial charge in [0.15, 0.2) is 0 Å². The normalized spacial score (nSPS) is 12.0. The monoisotopic (exact) mass is 196 g/mol. The summed E-state index contributed by atoms with van der Waals surface area (Å²) in [6.45, 7) is 0.217. The van der Waals surface area contributed by atoms with Crippen LogP contribution in [-0.4, -0.2) is 29.6 Å². The third kappa shape index (κ3) is 4.95. The van der Waals surface area contributed by atoms with E-state index >= 15 is 0 Å². The van der Waals surface area contributed by atoms with Crippen molar-refractivity contribution in [3.63, 3.8) is 0 Å². The number of rotatable bonds is 5. The van der Waals surface area contributed by atoms with Crippen LogP contribution in [0.2, 0.25) is 0 Å². The highest BCUT2D eigenvalue weighted by molar-refractivity contribution is 5.85. The van der Waals surface area contributed by atoms with Crippen LogP contribution in [-0.2, 0) is 9.59 Å². The van der Waals surface area contributed by atoms with Crippen molar-refractivity contribution >= 4 is 11.9 Å². The molecule has 5 nitrogen and oxygen atoms in total. The molecule has 0 aromatic rings. The number of amides is 1. The molecular formula is C9H12N2O3. The topological polar surface area (TPSA) is 92.4 Å². The molecule has 76 valence electrons. The van der Waals surface area contributed by atoms with Gasteiger partial charge in [0.2, 0.25) is 5.91 Å². The minimum absolute atomic E-state index is 0.139. The van der Waals surface area contributed by atoms with Crippen LogP contribution in [0.4, 0.5) is 0 Å². The average molecular weight is 196 g/mol. The van der Waals surface area contributed by atoms with Crippen molar-refractivity contribution in [2.45, 2.75) is 12.5 Å². The molecule has 1 atom stereocenters. The summed E-state index contributed by atoms with van der Waals surface area (Å²) in [4.78, 5) is 21.5. The van der Waals surface area contributed by atoms with E-state index in [9.17, 15) is 9.59 Å². The van der Waals surface area contributed by atoms with Gasteiger partial charge in [-0.1, -0.05) is 18.1 Å². The molecule has 0 aromatic heterocycles. The van der Waals surface area contributed by atoms with Crippen LogP contribution in [0, 0.1) is 12.3 Å². The van der Waals surface area contributed by atoms with E-state index in [0.717, 1.165) is 0 Å². The van der Waals surface area contributed by atoms with Crippen molar-refractivity contribution in [1.82, 2.24) is 5.32 Å². The van der Waals surface area contributed by atoms with Gasteiger partial charge < -0.3 is 16.2 Å². The van der Waals surface area contributed by atoms with Gasteiger partial charge in [0.25, 0.3) is 0 Å². The fourth-order valence-corrected chi connectivity index (χ4v) is 0.724. The second kappa shape index (κ2) is 6.69. The highest BCUT2D eigenvalue weighted by Crippen LogP contribution is 1.89. The Morgan fingerprint density at radius 2 is 2.29 bits per heavy atom. The summed E-state index contributed by atoms with van der Waals surface area (Å²) in [5, 5.41) is 10.9. The molecule has 0 radical (unpaired) electrons. The second-order valence-corrected chi connectivity index (χ2v) is 2.43. The van der Waals surface area contributed by atoms with Crippen molar-refractivity contribution in [3.8, 4) is 12.3 Å². The van der Waals surface area contributed by atoms with Crippen molar-refractivity contribution in [1.29, 1.82) is 0 Å². The molecule has 14 heavy (non-hydrogen) atoms. The van der Waals surface area contributed by atoms with E-state index in [2.05, 4.69) is 11.2 Å². The fraction of sp³-hybridized carbons (Fsp3) is 0.333. The highest BCUT2D eigenvalue weighted by atomic mass is 16.4. The number of hydrogen-bond acceptors (Lipinski definition) is 3. The minimum Gasteiger partial charge on any atom is -0.479 e. The van der Waals surface area contributed by atoms with E-state index in [1.807, 2.05) is 0 Å². The Morgan fingerprint density at radius 1 is 1.64 bits per heavy atom. The molecule has 0 rings (SSSR count). The zero-order valence-corrected chi connectivity index (χ0v) is 7.56. The van der Waals surface area contributed by atoms with Gasteiger partial charge in [-0.3, -0.25) is 4.79 Å². The zero-order valence-electron chi connectivity index (χ0n) is 7.56. The molecule has 0 aliphatic heterocycles. The minimum atomic E-state index is -1.15. The Hall–Kier alpha value is -1.80. The lowest BCUT2D eigenvalue weighted by Gasteiger charge is -2.08. The van der Waals surface area contributed by atoms with Crippen LogP contribution < -0.4 is 11.1 Å². The first kappa shape index (κ1) is 12.2. The van der Waals surface area contributed by atoms with Crippen LogP contribution in [0.25, 0.3) is 0 Å². The molecule has 1 unspecified atom stereocenters. The van der Waals surface area contributed by atoms with E-state index in [-0.39, 0.29) is 13.0 Å². The third-order valence-electron chi connectivity index (χ3n) is 1.31. The summed E-state index contributed by atoms with van der Waals surface area (Å²) >= 11 is 0. The molecule has 0 saturated heterocycles. The smallest absolute Gasteiger partial charge is 0.330 e. The zero-order chi connectivity index (χ0) is 11.0. The van der Waals surface area contributed by atoms with Gasteiger partial charge in [0, 0.05) is 6.54 Å². The van der Waals surface area contributed by atoms with Crippen molar-refractivity contribution in [3.05, 3.63) is 12.2 Å². The third-order valence-corrected chi connectivity index (χ3v) is 1.31. The Bertz CT molecular complexity index is 278. The Kier molecular flexibility index (Phi) is 5.83. The highest BCUT2D eigenvalue weighted by Gasteiger charge is 2.15. The van der Waals surface area contributed by atoms with Gasteiger partial charge in [-0.2, -0.15) is 0 Å². The molecular weight excluding hydrogens is 184 g/mol. The van der Waals surface area contributed by atoms with E-state index in [1.165, 1.54) is 12.2 Å². The Morgan fingerprint density at radius 3 is 2.71 bits per heavy atom. The molecule has 0 saturated carbocycles. The lowest BCUT2D eigenvalue weighted by atomic mass is 10.2. The molecule has 5 heteroatoms. The molecule has 0 fully saturated rings. The van der Waals surface area contributed by atoms with Gasteiger partial charge >= 0.3 is 5.97 Å². The predicted octanol–water partition coefficient (Wildman–Crippen LogP) is -0.906. The molecule has 0 spiro atoms. The summed E-state index contributed by atoms with van der Waals surface area (Å²) in [7, 11) is 0. The Balaban J connectivity index is 4.24. The van der Waals surface area contributed by atoms with Crippen LogP contribution in [0.5, 0.6) is 0 Å². The molecule has 4 N–H and O–H groups in total. The number of carboxylic acid groups (broad SMARTS) is 1. The van der Waals surface area contributed by atoms with Gasteiger partial charge in [-0.15, -0.1) is 6.42 Å². The summed E-state index contributed by atoms with van der Waals surface area (Å²) in [6, 6.07) is -1.07. The number of terminal acetylenes is 1. The number of carboxylic acids is 1. The maximum atomic E-state index is 10.9. The van der Waals surface area contributed by atoms with E-state index in [1.54, 1.807) is 0 Å². The van der Waals surface area contributed by atoms with E-state index in [0.29, 0.717) is 0 Å². The molecule has 0 heterocycles. The van der Waals surface area contributed by atoms with Crippen molar-refractivity contribution in [2.75, 3.05) is 6.54 Å². The first-order valence-corrected chi connectivity index (χ1v) is 3.94. The van der Waals surface area contributed by atoms with E-state index < -0.39 is 17.9 Å². The maximum Gasteiger partial charge on any atom is 0.330 e. The van der Waals surface area contributed by atoms with Gasteiger partial charge in [-0.05, 0) is 0 Å². The van der Waals surface area contributed by atoms with Gasteiger partial charge in [-0.25, -0.2) is 4.79 Å². The van der Waals surface area contributed by atoms with Crippen LogP contribution in [0.15, 0.2) is 12.2 Å². The van der Waals surface area contributed by atoms with Crippen LogP contribution >= 0.6 is 0 Å². The first-order chi connectivity index (χ1) is 6.61. The number of carbonyl (C=O) groups is 2. The largest absolute Gasteiger partial charge is 0.479 e. The maximum absolute atomic E-state index is 10.9. The van der Waals surface area contributed by atoms with Crippen LogP contribution in [0.1, 0.15) is 6.42 Å². The number of nitrogens with one attached hydrogen (secondary N) is 1. The number of nitrogens with two attached hydrogens (primary N) is 1. The lowest BCUT2D eigenvalue weighted by molar-refractivity contribution is -0.140. The summed E-state index contributed by atoms with van der Waals surface area (Å²) < 4.78 is 0. The average Bonchev–Trinajstić information content (AvgIpc) is 2.12. The van der Waals surface area contributed by atoms with Crippen molar-refractivity contribution in [2.24, 2.45) is 5.73 Å². The number of hydrogen-bond donors (Lipinski definition) is 3. The lowest BCUT2D eigenvalue weighted by Crippen LogP contribution is -2.39. The van der Waals surface area contributed by atoms with E-state index in [4.69, 9.17) is 17.3 Å². The van der Waals surface area contributed by atoms with Crippen LogP contribution in [0.3, 0.4) is 0 Å². The summed E-state index contributed by atoms with van der Waals surface area (Å²) in [5.41, 5.74) is 5.14. The first-order valence-electron chi connectivity index (χ1n) is 3.94. The molecule has 0 aliphatic carbocycles. The number of aliphatic carboxylic acids is 1. The second-order valence-electron chi connectivity index (χ2n) is 2.43. The molecule has 0 bridgehead atoms. The van der Waals surface area contributed by atoms with Crippen molar-refractivity contribution < 1.29 is 14.7 Å². The van der Waals surface area contributed by atoms with Gasteiger partial charge in [0.05, 0.1) is 6.42 Å². The number of carbonyl (C=O) groups excluding carboxylic acids is 1. The standard InChI is InChI=1S/C9H12N2O3/c1-2-4-8(12)11-7(9(13)14)5-3-6-10/h1,3,5,7H,4,6,10H2,(H,11,12)(H,13,14). The Labute approximate surface area is 82.0 Å². The SMILES string of the molecule is C#CCC(=O)NC(C=CCN)C(=O)O. The molecule has 0 aromatic carbocycles. The summed E-state index contributed by atoms with van der Waals surface area (Å²) in [6.07, 6.45) is 7.50. The summed E-state index contributed by atoms with van der Waals surface area (Å²) in [5.74, 6) is 0.463. The molecule has 1 amide bonds. The molecule has 0 aliphatic rings. The predicted molar refractivity (Wildman–Crippen MR) is 51.2 cm³/mol. The van der Waals surface area contributed by atoms with Gasteiger partial charge in [0.1, 0.15) is 6.04 Å². The fourth-order valence-electron chi connectivity index (χ4n) is 0.724. The quantitative estimate of drug-likeness (QED) is 0.392.